The Hall–Kier alpha value is -3.89. The van der Waals surface area contributed by atoms with Crippen molar-refractivity contribution in [1.29, 1.82) is 0 Å². The summed E-state index contributed by atoms with van der Waals surface area (Å²) in [6.07, 6.45) is 3.27. The summed E-state index contributed by atoms with van der Waals surface area (Å²) in [6.45, 7) is 4.12. The first-order valence-electron chi connectivity index (χ1n) is 10.8. The molecule has 1 aromatic carbocycles. The van der Waals surface area contributed by atoms with E-state index in [4.69, 9.17) is 9.15 Å². The molecule has 0 saturated heterocycles. The van der Waals surface area contributed by atoms with Crippen LogP contribution >= 0.6 is 0 Å². The van der Waals surface area contributed by atoms with Crippen LogP contribution < -0.4 is 15.6 Å². The zero-order chi connectivity index (χ0) is 24.2. The van der Waals surface area contributed by atoms with Crippen molar-refractivity contribution in [3.8, 4) is 40.0 Å². The van der Waals surface area contributed by atoms with Gasteiger partial charge in [0.05, 0.1) is 42.9 Å². The maximum Gasteiger partial charge on any atom is 0.268 e. The number of benzene rings is 1. The van der Waals surface area contributed by atoms with Crippen molar-refractivity contribution in [1.82, 2.24) is 30.0 Å². The highest BCUT2D eigenvalue weighted by Gasteiger charge is 2.19. The van der Waals surface area contributed by atoms with Crippen LogP contribution in [0.3, 0.4) is 0 Å². The Labute approximate surface area is 197 Å². The summed E-state index contributed by atoms with van der Waals surface area (Å²) in [5.74, 6) is 1.15. The molecule has 4 aromatic rings. The van der Waals surface area contributed by atoms with Crippen LogP contribution in [0.5, 0.6) is 5.75 Å². The number of aromatic nitrogens is 5. The van der Waals surface area contributed by atoms with Crippen molar-refractivity contribution < 1.29 is 15.7 Å². The largest absolute Gasteiger partial charge is 0.496 e. The molecule has 0 aliphatic carbocycles. The average Bonchev–Trinajstić information content (AvgIpc) is 3.34. The van der Waals surface area contributed by atoms with Gasteiger partial charge in [-0.15, -0.1) is 10.2 Å². The summed E-state index contributed by atoms with van der Waals surface area (Å²) < 4.78 is 12.9. The van der Waals surface area contributed by atoms with Crippen LogP contribution in [0.1, 0.15) is 25.6 Å². The second-order valence-corrected chi connectivity index (χ2v) is 7.86. The van der Waals surface area contributed by atoms with Gasteiger partial charge in [0.25, 0.3) is 17.3 Å². The van der Waals surface area contributed by atoms with Crippen molar-refractivity contribution >= 4 is 0 Å². The van der Waals surface area contributed by atoms with E-state index in [1.807, 2.05) is 25.2 Å². The third kappa shape index (κ3) is 4.59. The number of methoxy groups -OCH3 is 1. The first kappa shape index (κ1) is 23.3. The van der Waals surface area contributed by atoms with Gasteiger partial charge in [-0.25, -0.2) is 4.98 Å². The Balaban J connectivity index is 0.00000342. The van der Waals surface area contributed by atoms with Crippen LogP contribution in [0.15, 0.2) is 51.9 Å². The predicted molar refractivity (Wildman–Crippen MR) is 128 cm³/mol. The van der Waals surface area contributed by atoms with E-state index < -0.39 is 0 Å². The van der Waals surface area contributed by atoms with E-state index in [1.165, 1.54) is 10.6 Å². The Morgan fingerprint density at radius 2 is 2.03 bits per heavy atom. The van der Waals surface area contributed by atoms with Crippen LogP contribution in [0.4, 0.5) is 0 Å². The SMILES string of the molecule is CNCc1ccc(-c2nnc(-c3nc(-c4ccc(=O)n(C(C)CO)c4)cnc3C)o2)c(OC)c1.[HH]. The molecule has 0 spiro atoms. The molecule has 1 atom stereocenters. The molecule has 10 nitrogen and oxygen atoms in total. The lowest BCUT2D eigenvalue weighted by molar-refractivity contribution is 0.236. The van der Waals surface area contributed by atoms with Gasteiger partial charge in [-0.3, -0.25) is 9.78 Å². The normalized spacial score (nSPS) is 12.0. The number of aliphatic hydroxyl groups is 1. The quantitative estimate of drug-likeness (QED) is 0.404. The number of hydrogen-bond acceptors (Lipinski definition) is 9. The highest BCUT2D eigenvalue weighted by Crippen LogP contribution is 2.32. The number of rotatable bonds is 8. The molecule has 0 fully saturated rings. The Bertz CT molecular complexity index is 1370. The van der Waals surface area contributed by atoms with E-state index in [-0.39, 0.29) is 25.5 Å². The van der Waals surface area contributed by atoms with E-state index in [0.29, 0.717) is 46.4 Å². The Morgan fingerprint density at radius 3 is 2.76 bits per heavy atom. The minimum atomic E-state index is -0.363. The standard InChI is InChI=1S/C24H26N6O4.H2/c1-14(13-31)30-12-17(6-8-21(30)32)19-11-26-15(2)22(27-19)24-29-28-23(34-24)18-7-5-16(10-25-3)9-20(18)33-4;/h5-9,11-12,14,25,31H,10,13H2,1-4H3;1H. The zero-order valence-corrected chi connectivity index (χ0v) is 19.4. The first-order valence-corrected chi connectivity index (χ1v) is 10.8. The van der Waals surface area contributed by atoms with Crippen molar-refractivity contribution in [2.75, 3.05) is 20.8 Å². The molecular formula is C24H28N6O4. The molecule has 1 unspecified atom stereocenters. The molecule has 2 N–H and O–H groups in total. The maximum atomic E-state index is 12.2. The van der Waals surface area contributed by atoms with Gasteiger partial charge in [-0.05, 0) is 44.7 Å². The van der Waals surface area contributed by atoms with Gasteiger partial charge in [-0.1, -0.05) is 6.07 Å². The summed E-state index contributed by atoms with van der Waals surface area (Å²) in [5, 5.41) is 20.9. The summed E-state index contributed by atoms with van der Waals surface area (Å²) in [6, 6.07) is 8.51. The lowest BCUT2D eigenvalue weighted by atomic mass is 10.1. The van der Waals surface area contributed by atoms with Crippen molar-refractivity contribution in [2.24, 2.45) is 0 Å². The van der Waals surface area contributed by atoms with Crippen LogP contribution in [-0.4, -0.2) is 50.6 Å². The Kier molecular flexibility index (Phi) is 6.80. The minimum absolute atomic E-state index is 0. The van der Waals surface area contributed by atoms with Crippen molar-refractivity contribution in [3.63, 3.8) is 0 Å². The molecule has 0 aliphatic heterocycles. The summed E-state index contributed by atoms with van der Waals surface area (Å²) >= 11 is 0. The van der Waals surface area contributed by atoms with Crippen molar-refractivity contribution in [3.05, 3.63) is 64.3 Å². The highest BCUT2D eigenvalue weighted by atomic mass is 16.5. The Morgan fingerprint density at radius 1 is 1.24 bits per heavy atom. The van der Waals surface area contributed by atoms with Gasteiger partial charge in [0, 0.05) is 25.8 Å². The molecule has 0 bridgehead atoms. The van der Waals surface area contributed by atoms with Crippen molar-refractivity contribution in [2.45, 2.75) is 26.4 Å². The topological polar surface area (TPSA) is 128 Å². The van der Waals surface area contributed by atoms with Gasteiger partial charge >= 0.3 is 0 Å². The smallest absolute Gasteiger partial charge is 0.268 e. The molecule has 10 heteroatoms. The number of ether oxygens (including phenoxy) is 1. The lowest BCUT2D eigenvalue weighted by Crippen LogP contribution is -2.24. The van der Waals surface area contributed by atoms with E-state index in [2.05, 4.69) is 25.5 Å². The number of pyridine rings is 1. The zero-order valence-electron chi connectivity index (χ0n) is 19.4. The number of aliphatic hydroxyl groups excluding tert-OH is 1. The van der Waals surface area contributed by atoms with E-state index in [1.54, 1.807) is 39.4 Å². The number of nitrogens with zero attached hydrogens (tertiary/aromatic N) is 5. The number of nitrogens with one attached hydrogen (secondary N) is 1. The summed E-state index contributed by atoms with van der Waals surface area (Å²) in [5.41, 5.74) is 3.80. The van der Waals surface area contributed by atoms with Crippen LogP contribution in [0, 0.1) is 6.92 Å². The maximum absolute atomic E-state index is 12.2. The molecular weight excluding hydrogens is 436 g/mol. The molecule has 0 radical (unpaired) electrons. The first-order chi connectivity index (χ1) is 16.4. The highest BCUT2D eigenvalue weighted by molar-refractivity contribution is 5.66. The van der Waals surface area contributed by atoms with Gasteiger partial charge in [0.2, 0.25) is 0 Å². The molecule has 0 saturated carbocycles. The van der Waals surface area contributed by atoms with Gasteiger partial charge in [0.15, 0.2) is 0 Å². The van der Waals surface area contributed by atoms with Crippen LogP contribution in [-0.2, 0) is 6.54 Å². The fraction of sp³-hybridized carbons (Fsp3) is 0.292. The molecule has 3 heterocycles. The molecule has 3 aromatic heterocycles. The molecule has 0 aliphatic rings. The van der Waals surface area contributed by atoms with E-state index >= 15 is 0 Å². The second-order valence-electron chi connectivity index (χ2n) is 7.86. The van der Waals surface area contributed by atoms with E-state index in [0.717, 1.165) is 5.56 Å². The monoisotopic (exact) mass is 464 g/mol. The van der Waals surface area contributed by atoms with Gasteiger partial charge < -0.3 is 24.1 Å². The summed E-state index contributed by atoms with van der Waals surface area (Å²) in [7, 11) is 3.47. The van der Waals surface area contributed by atoms with Gasteiger partial charge in [-0.2, -0.15) is 0 Å². The second kappa shape index (κ2) is 9.94. The third-order valence-corrected chi connectivity index (χ3v) is 5.43. The average molecular weight is 465 g/mol. The predicted octanol–water partition coefficient (Wildman–Crippen LogP) is 2.86. The third-order valence-electron chi connectivity index (χ3n) is 5.43. The number of aryl methyl sites for hydroxylation is 1. The van der Waals surface area contributed by atoms with E-state index in [9.17, 15) is 9.90 Å². The van der Waals surface area contributed by atoms with Crippen LogP contribution in [0.2, 0.25) is 0 Å². The molecule has 0 amide bonds. The summed E-state index contributed by atoms with van der Waals surface area (Å²) in [4.78, 5) is 21.3. The molecule has 178 valence electrons. The van der Waals surface area contributed by atoms with Crippen LogP contribution in [0.25, 0.3) is 34.3 Å². The number of hydrogen-bond donors (Lipinski definition) is 2. The molecule has 34 heavy (non-hydrogen) atoms. The van der Waals surface area contributed by atoms with Gasteiger partial charge in [0.1, 0.15) is 11.4 Å². The lowest BCUT2D eigenvalue weighted by Gasteiger charge is -2.13. The molecule has 4 rings (SSSR count). The minimum Gasteiger partial charge on any atom is -0.496 e. The fourth-order valence-corrected chi connectivity index (χ4v) is 3.53. The fourth-order valence-electron chi connectivity index (χ4n) is 3.53.